The average molecular weight is 426 g/mol. The largest absolute Gasteiger partial charge is 0.429 e. The van der Waals surface area contributed by atoms with E-state index in [1.807, 2.05) is 6.92 Å². The molecule has 0 bridgehead atoms. The van der Waals surface area contributed by atoms with E-state index in [1.54, 1.807) is 0 Å². The van der Waals surface area contributed by atoms with Crippen LogP contribution >= 0.6 is 0 Å². The lowest BCUT2D eigenvalue weighted by molar-refractivity contribution is -0.202. The van der Waals surface area contributed by atoms with Gasteiger partial charge in [-0.3, -0.25) is 4.39 Å². The van der Waals surface area contributed by atoms with Crippen LogP contribution in [0.3, 0.4) is 0 Å². The predicted molar refractivity (Wildman–Crippen MR) is 88.1 cm³/mol. The molecule has 0 aliphatic carbocycles. The van der Waals surface area contributed by atoms with Crippen molar-refractivity contribution in [3.8, 4) is 5.75 Å². The fourth-order valence-electron chi connectivity index (χ4n) is 2.50. The number of ether oxygens (including phenoxy) is 3. The Bertz CT molecular complexity index is 814. The summed E-state index contributed by atoms with van der Waals surface area (Å²) in [5, 5.41) is 0. The third-order valence-corrected chi connectivity index (χ3v) is 3.85. The van der Waals surface area contributed by atoms with E-state index >= 15 is 0 Å². The van der Waals surface area contributed by atoms with Gasteiger partial charge in [-0.05, 0) is 12.1 Å². The molecule has 0 unspecified atom stereocenters. The van der Waals surface area contributed by atoms with Crippen molar-refractivity contribution in [2.24, 2.45) is 5.92 Å². The van der Waals surface area contributed by atoms with E-state index in [1.165, 1.54) is 6.07 Å². The van der Waals surface area contributed by atoms with Gasteiger partial charge in [0.2, 0.25) is 0 Å². The topological polar surface area (TPSA) is 27.7 Å². The third kappa shape index (κ3) is 5.39. The standard InChI is InChI=1S/C18H14F6O3.CH3F/c1-9-7-25-17(26-8-9)10-2-3-12(13(19)4-10)18(23,24)27-11-5-14(20)16(22)15(21)6-11;1-2/h2-6,9,17H,7-8H2,1H3;1H3. The minimum absolute atomic E-state index is 0.152. The molecule has 1 aliphatic rings. The van der Waals surface area contributed by atoms with Gasteiger partial charge in [-0.1, -0.05) is 13.0 Å². The second-order valence-electron chi connectivity index (χ2n) is 6.16. The molecule has 0 aromatic heterocycles. The van der Waals surface area contributed by atoms with Crippen LogP contribution in [0.25, 0.3) is 0 Å². The molecular weight excluding hydrogens is 409 g/mol. The molecule has 160 valence electrons. The molecule has 2 aromatic carbocycles. The first-order chi connectivity index (χ1) is 13.7. The van der Waals surface area contributed by atoms with Crippen LogP contribution in [0.2, 0.25) is 0 Å². The van der Waals surface area contributed by atoms with Gasteiger partial charge in [0.15, 0.2) is 23.7 Å². The van der Waals surface area contributed by atoms with Gasteiger partial charge in [-0.2, -0.15) is 8.78 Å². The molecule has 0 atom stereocenters. The lowest BCUT2D eigenvalue weighted by atomic mass is 10.1. The molecule has 0 amide bonds. The maximum absolute atomic E-state index is 14.2. The summed E-state index contributed by atoms with van der Waals surface area (Å²) in [6.45, 7) is 2.63. The number of hydrogen-bond donors (Lipinski definition) is 0. The molecule has 1 heterocycles. The average Bonchev–Trinajstić information content (AvgIpc) is 2.67. The van der Waals surface area contributed by atoms with Crippen molar-refractivity contribution >= 4 is 0 Å². The Kier molecular flexibility index (Phi) is 7.48. The lowest BCUT2D eigenvalue weighted by Gasteiger charge is -2.28. The highest BCUT2D eigenvalue weighted by molar-refractivity contribution is 5.30. The second-order valence-corrected chi connectivity index (χ2v) is 6.16. The van der Waals surface area contributed by atoms with E-state index in [0.717, 1.165) is 12.1 Å². The van der Waals surface area contributed by atoms with Gasteiger partial charge in [0.1, 0.15) is 11.6 Å². The van der Waals surface area contributed by atoms with Gasteiger partial charge in [0, 0.05) is 23.6 Å². The van der Waals surface area contributed by atoms with Crippen LogP contribution in [0, 0.1) is 29.2 Å². The van der Waals surface area contributed by atoms with Gasteiger partial charge < -0.3 is 14.2 Å². The summed E-state index contributed by atoms with van der Waals surface area (Å²) in [5.74, 6) is -7.42. The van der Waals surface area contributed by atoms with Gasteiger partial charge in [-0.15, -0.1) is 0 Å². The van der Waals surface area contributed by atoms with Crippen LogP contribution in [-0.2, 0) is 15.6 Å². The maximum Gasteiger partial charge on any atom is 0.429 e. The Labute approximate surface area is 162 Å². The molecule has 3 rings (SSSR count). The molecule has 0 spiro atoms. The quantitative estimate of drug-likeness (QED) is 0.468. The second kappa shape index (κ2) is 9.45. The SMILES string of the molecule is CC1COC(c2ccc(C(F)(F)Oc3cc(F)c(F)c(F)c3)c(F)c2)OC1.CF. The van der Waals surface area contributed by atoms with Gasteiger partial charge in [0.25, 0.3) is 0 Å². The maximum atomic E-state index is 14.2. The van der Waals surface area contributed by atoms with Crippen LogP contribution in [0.5, 0.6) is 5.75 Å². The van der Waals surface area contributed by atoms with Crippen molar-refractivity contribution in [2.45, 2.75) is 19.3 Å². The minimum atomic E-state index is -4.26. The number of halogens is 7. The summed E-state index contributed by atoms with van der Waals surface area (Å²) in [6, 6.07) is 3.21. The summed E-state index contributed by atoms with van der Waals surface area (Å²) in [5.41, 5.74) is -0.974. The first kappa shape index (κ1) is 23.0. The zero-order chi connectivity index (χ0) is 21.8. The lowest BCUT2D eigenvalue weighted by Crippen LogP contribution is -2.26. The van der Waals surface area contributed by atoms with Crippen LogP contribution in [0.1, 0.15) is 24.3 Å². The number of alkyl halides is 3. The predicted octanol–water partition coefficient (Wildman–Crippen LogP) is 5.64. The molecule has 1 saturated heterocycles. The molecule has 0 radical (unpaired) electrons. The summed E-state index contributed by atoms with van der Waals surface area (Å²) in [6.07, 6.45) is -5.15. The van der Waals surface area contributed by atoms with E-state index in [4.69, 9.17) is 9.47 Å². The number of rotatable bonds is 4. The highest BCUT2D eigenvalue weighted by Crippen LogP contribution is 2.36. The Balaban J connectivity index is 0.00000145. The van der Waals surface area contributed by atoms with Crippen molar-refractivity contribution in [3.63, 3.8) is 0 Å². The Morgan fingerprint density at radius 1 is 0.897 bits per heavy atom. The van der Waals surface area contributed by atoms with E-state index in [-0.39, 0.29) is 23.6 Å². The highest BCUT2D eigenvalue weighted by Gasteiger charge is 2.38. The van der Waals surface area contributed by atoms with E-state index in [0.29, 0.717) is 20.4 Å². The van der Waals surface area contributed by atoms with Crippen molar-refractivity contribution in [1.29, 1.82) is 0 Å². The van der Waals surface area contributed by atoms with E-state index < -0.39 is 47.0 Å². The zero-order valence-electron chi connectivity index (χ0n) is 15.3. The summed E-state index contributed by atoms with van der Waals surface area (Å²) >= 11 is 0. The fourth-order valence-corrected chi connectivity index (χ4v) is 2.50. The molecule has 10 heteroatoms. The van der Waals surface area contributed by atoms with Crippen LogP contribution in [-0.4, -0.2) is 20.4 Å². The summed E-state index contributed by atoms with van der Waals surface area (Å²) in [4.78, 5) is 0. The molecule has 2 aromatic rings. The van der Waals surface area contributed by atoms with Crippen molar-refractivity contribution < 1.29 is 44.9 Å². The first-order valence-electron chi connectivity index (χ1n) is 8.29. The molecule has 1 aliphatic heterocycles. The Morgan fingerprint density at radius 3 is 1.97 bits per heavy atom. The molecule has 1 fully saturated rings. The summed E-state index contributed by atoms with van der Waals surface area (Å²) < 4.78 is 106. The third-order valence-electron chi connectivity index (χ3n) is 3.85. The van der Waals surface area contributed by atoms with Gasteiger partial charge >= 0.3 is 6.11 Å². The van der Waals surface area contributed by atoms with E-state index in [2.05, 4.69) is 4.74 Å². The van der Waals surface area contributed by atoms with Crippen molar-refractivity contribution in [2.75, 3.05) is 20.4 Å². The molecule has 0 saturated carbocycles. The number of benzene rings is 2. The number of hydrogen-bond acceptors (Lipinski definition) is 3. The normalized spacial score (nSPS) is 19.3. The molecular formula is C19H17F7O3. The van der Waals surface area contributed by atoms with Crippen molar-refractivity contribution in [3.05, 3.63) is 64.7 Å². The summed E-state index contributed by atoms with van der Waals surface area (Å²) in [7, 11) is 0.500. The van der Waals surface area contributed by atoms with Crippen LogP contribution in [0.15, 0.2) is 30.3 Å². The monoisotopic (exact) mass is 426 g/mol. The highest BCUT2D eigenvalue weighted by atomic mass is 19.3. The van der Waals surface area contributed by atoms with E-state index in [9.17, 15) is 30.7 Å². The molecule has 29 heavy (non-hydrogen) atoms. The molecule has 3 nitrogen and oxygen atoms in total. The van der Waals surface area contributed by atoms with Crippen molar-refractivity contribution in [1.82, 2.24) is 0 Å². The Hall–Kier alpha value is -2.33. The first-order valence-corrected chi connectivity index (χ1v) is 8.29. The van der Waals surface area contributed by atoms with Crippen LogP contribution < -0.4 is 4.74 Å². The van der Waals surface area contributed by atoms with Crippen LogP contribution in [0.4, 0.5) is 30.7 Å². The zero-order valence-corrected chi connectivity index (χ0v) is 15.3. The molecule has 0 N–H and O–H groups in total. The van der Waals surface area contributed by atoms with Gasteiger partial charge in [0.05, 0.1) is 26.0 Å². The minimum Gasteiger partial charge on any atom is -0.429 e. The Morgan fingerprint density at radius 2 is 1.45 bits per heavy atom. The fraction of sp³-hybridized carbons (Fsp3) is 0.368. The smallest absolute Gasteiger partial charge is 0.429 e. The van der Waals surface area contributed by atoms with Gasteiger partial charge in [-0.25, -0.2) is 17.6 Å².